The summed E-state index contributed by atoms with van der Waals surface area (Å²) in [4.78, 5) is 9.12. The Balaban J connectivity index is 0. The maximum absolute atomic E-state index is 9.12. The third kappa shape index (κ3) is 8.82. The molecule has 0 saturated carbocycles. The first-order valence-electron chi connectivity index (χ1n) is 1.10. The van der Waals surface area contributed by atoms with Crippen molar-refractivity contribution in [2.75, 3.05) is 6.61 Å². The van der Waals surface area contributed by atoms with E-state index in [1.54, 1.807) is 0 Å². The molecule has 6 heavy (non-hydrogen) atoms. The Kier molecular flexibility index (Phi) is 9.19. The quantitative estimate of drug-likeness (QED) is 0.593. The van der Waals surface area contributed by atoms with Crippen LogP contribution in [0.5, 0.6) is 0 Å². The number of aliphatic hydroxyl groups is 1. The Labute approximate surface area is 63.0 Å². The molecular formula is C2H4LaO3. The van der Waals surface area contributed by atoms with Gasteiger partial charge in [0.1, 0.15) is 6.61 Å². The van der Waals surface area contributed by atoms with Gasteiger partial charge in [0, 0.05) is 35.6 Å². The standard InChI is InChI=1S/C2H4O3.La/c3-1-2(4)5;/h3H,1H2,(H,4,5);. The number of aliphatic hydroxyl groups excluding tert-OH is 1. The van der Waals surface area contributed by atoms with Gasteiger partial charge in [-0.1, -0.05) is 0 Å². The molecule has 0 heterocycles. The van der Waals surface area contributed by atoms with Gasteiger partial charge in [-0.3, -0.25) is 0 Å². The second kappa shape index (κ2) is 5.62. The molecule has 0 aromatic carbocycles. The van der Waals surface area contributed by atoms with Crippen molar-refractivity contribution in [2.45, 2.75) is 0 Å². The molecule has 0 spiro atoms. The predicted molar refractivity (Wildman–Crippen MR) is 14.7 cm³/mol. The molecule has 0 atom stereocenters. The molecular weight excluding hydrogens is 211 g/mol. The van der Waals surface area contributed by atoms with Crippen LogP contribution in [0.3, 0.4) is 0 Å². The number of carbonyl (C=O) groups is 1. The van der Waals surface area contributed by atoms with Crippen LogP contribution in [-0.2, 0) is 4.79 Å². The first kappa shape index (κ1) is 9.80. The van der Waals surface area contributed by atoms with E-state index in [9.17, 15) is 0 Å². The number of rotatable bonds is 1. The molecule has 0 saturated heterocycles. The fourth-order valence-corrected chi connectivity index (χ4v) is 0. The molecule has 4 heteroatoms. The van der Waals surface area contributed by atoms with E-state index in [0.717, 1.165) is 0 Å². The maximum Gasteiger partial charge on any atom is 0.329 e. The summed E-state index contributed by atoms with van der Waals surface area (Å²) in [6, 6.07) is 0. The van der Waals surface area contributed by atoms with Crippen LogP contribution < -0.4 is 0 Å². The molecule has 2 N–H and O–H groups in total. The van der Waals surface area contributed by atoms with Gasteiger partial charge < -0.3 is 10.2 Å². The fraction of sp³-hybridized carbons (Fsp3) is 0.500. The van der Waals surface area contributed by atoms with Gasteiger partial charge in [0.15, 0.2) is 0 Å². The summed E-state index contributed by atoms with van der Waals surface area (Å²) in [5.74, 6) is -1.19. The van der Waals surface area contributed by atoms with Crippen LogP contribution in [0.2, 0.25) is 0 Å². The Bertz CT molecular complexity index is 44.1. The average molecular weight is 215 g/mol. The number of carboxylic acid groups (broad SMARTS) is 1. The van der Waals surface area contributed by atoms with E-state index in [4.69, 9.17) is 15.0 Å². The second-order valence-electron chi connectivity index (χ2n) is 0.552. The van der Waals surface area contributed by atoms with E-state index < -0.39 is 12.6 Å². The van der Waals surface area contributed by atoms with Gasteiger partial charge in [-0.05, 0) is 0 Å². The van der Waals surface area contributed by atoms with Crippen molar-refractivity contribution in [3.63, 3.8) is 0 Å². The molecule has 0 unspecified atom stereocenters. The molecule has 0 bridgehead atoms. The van der Waals surface area contributed by atoms with Gasteiger partial charge in [0.05, 0.1) is 0 Å². The van der Waals surface area contributed by atoms with Crippen molar-refractivity contribution in [1.29, 1.82) is 0 Å². The van der Waals surface area contributed by atoms with Crippen molar-refractivity contribution in [1.82, 2.24) is 0 Å². The predicted octanol–water partition coefficient (Wildman–Crippen LogP) is -0.937. The second-order valence-corrected chi connectivity index (χ2v) is 0.552. The zero-order valence-electron chi connectivity index (χ0n) is 3.09. The number of hydrogen-bond acceptors (Lipinski definition) is 2. The minimum Gasteiger partial charge on any atom is -0.480 e. The molecule has 0 amide bonds. The van der Waals surface area contributed by atoms with Crippen LogP contribution in [0.4, 0.5) is 0 Å². The molecule has 0 aliphatic carbocycles. The van der Waals surface area contributed by atoms with Crippen LogP contribution in [0.15, 0.2) is 0 Å². The first-order chi connectivity index (χ1) is 2.27. The molecule has 1 radical (unpaired) electrons. The summed E-state index contributed by atoms with van der Waals surface area (Å²) >= 11 is 0. The zero-order valence-corrected chi connectivity index (χ0v) is 6.71. The molecule has 33 valence electrons. The van der Waals surface area contributed by atoms with E-state index in [1.165, 1.54) is 0 Å². The molecule has 0 aliphatic heterocycles. The van der Waals surface area contributed by atoms with Crippen LogP contribution in [-0.4, -0.2) is 22.8 Å². The number of aliphatic carboxylic acids is 1. The number of carboxylic acids is 1. The Morgan fingerprint density at radius 2 is 1.83 bits per heavy atom. The molecule has 0 fully saturated rings. The van der Waals surface area contributed by atoms with Gasteiger partial charge in [0.2, 0.25) is 0 Å². The summed E-state index contributed by atoms with van der Waals surface area (Å²) < 4.78 is 0. The van der Waals surface area contributed by atoms with Gasteiger partial charge in [-0.15, -0.1) is 0 Å². The minimum atomic E-state index is -1.19. The Morgan fingerprint density at radius 3 is 1.83 bits per heavy atom. The SMILES string of the molecule is O=C(O)CO.[La]. The van der Waals surface area contributed by atoms with Crippen LogP contribution in [0.1, 0.15) is 0 Å². The Morgan fingerprint density at radius 1 is 1.67 bits per heavy atom. The third-order valence-corrected chi connectivity index (χ3v) is 0.135. The van der Waals surface area contributed by atoms with Gasteiger partial charge >= 0.3 is 5.97 Å². The Hall–Kier alpha value is 0.625. The van der Waals surface area contributed by atoms with E-state index in [-0.39, 0.29) is 35.6 Å². The van der Waals surface area contributed by atoms with Gasteiger partial charge in [-0.25, -0.2) is 4.79 Å². The average Bonchev–Trinajstić information content (AvgIpc) is 1.38. The first-order valence-corrected chi connectivity index (χ1v) is 1.10. The van der Waals surface area contributed by atoms with E-state index in [2.05, 4.69) is 0 Å². The van der Waals surface area contributed by atoms with E-state index in [1.807, 2.05) is 0 Å². The zero-order chi connectivity index (χ0) is 4.28. The van der Waals surface area contributed by atoms with Gasteiger partial charge in [-0.2, -0.15) is 0 Å². The van der Waals surface area contributed by atoms with Gasteiger partial charge in [0.25, 0.3) is 0 Å². The summed E-state index contributed by atoms with van der Waals surface area (Å²) in [5.41, 5.74) is 0. The van der Waals surface area contributed by atoms with Crippen molar-refractivity contribution in [2.24, 2.45) is 0 Å². The number of hydrogen-bond donors (Lipinski definition) is 2. The molecule has 0 aromatic heterocycles. The van der Waals surface area contributed by atoms with Crippen molar-refractivity contribution in [3.8, 4) is 0 Å². The summed E-state index contributed by atoms with van der Waals surface area (Å²) in [5, 5.41) is 15.0. The molecule has 0 aliphatic rings. The van der Waals surface area contributed by atoms with Crippen LogP contribution in [0, 0.1) is 35.6 Å². The minimum absolute atomic E-state index is 0. The van der Waals surface area contributed by atoms with Crippen molar-refractivity contribution >= 4 is 5.97 Å². The van der Waals surface area contributed by atoms with Crippen LogP contribution >= 0.6 is 0 Å². The van der Waals surface area contributed by atoms with Crippen LogP contribution in [0.25, 0.3) is 0 Å². The van der Waals surface area contributed by atoms with E-state index >= 15 is 0 Å². The largest absolute Gasteiger partial charge is 0.480 e. The van der Waals surface area contributed by atoms with E-state index in [0.29, 0.717) is 0 Å². The maximum atomic E-state index is 9.12. The fourth-order valence-electron chi connectivity index (χ4n) is 0. The molecule has 0 aromatic rings. The third-order valence-electron chi connectivity index (χ3n) is 0.135. The summed E-state index contributed by atoms with van der Waals surface area (Å²) in [6.45, 7) is -0.778. The molecule has 0 rings (SSSR count). The summed E-state index contributed by atoms with van der Waals surface area (Å²) in [6.07, 6.45) is 0. The smallest absolute Gasteiger partial charge is 0.329 e. The summed E-state index contributed by atoms with van der Waals surface area (Å²) in [7, 11) is 0. The topological polar surface area (TPSA) is 57.5 Å². The van der Waals surface area contributed by atoms with Crippen molar-refractivity contribution < 1.29 is 50.6 Å². The van der Waals surface area contributed by atoms with Crippen molar-refractivity contribution in [3.05, 3.63) is 0 Å². The monoisotopic (exact) mass is 215 g/mol. The molecule has 3 nitrogen and oxygen atoms in total. The normalized spacial score (nSPS) is 6.17.